The molecule has 1 aromatic carbocycles. The highest BCUT2D eigenvalue weighted by molar-refractivity contribution is 9.11. The van der Waals surface area contributed by atoms with E-state index in [4.69, 9.17) is 17.3 Å². The first-order valence-corrected chi connectivity index (χ1v) is 7.86. The van der Waals surface area contributed by atoms with Gasteiger partial charge in [-0.15, -0.1) is 0 Å². The highest BCUT2D eigenvalue weighted by Gasteiger charge is 2.49. The summed E-state index contributed by atoms with van der Waals surface area (Å²) in [6, 6.07) is 3.11. The molecule has 6 heteroatoms. The second-order valence-electron chi connectivity index (χ2n) is 5.86. The number of carbonyl (C=O) groups is 1. The summed E-state index contributed by atoms with van der Waals surface area (Å²) in [7, 11) is 0. The summed E-state index contributed by atoms with van der Waals surface area (Å²) in [5.74, 6) is -1.41. The van der Waals surface area contributed by atoms with Gasteiger partial charge in [0.25, 0.3) is 0 Å². The van der Waals surface area contributed by atoms with E-state index >= 15 is 0 Å². The number of rotatable bonds is 1. The van der Waals surface area contributed by atoms with E-state index in [0.717, 1.165) is 10.0 Å². The zero-order valence-electron chi connectivity index (χ0n) is 11.1. The molecule has 0 amide bonds. The Morgan fingerprint density at radius 3 is 2.52 bits per heavy atom. The van der Waals surface area contributed by atoms with E-state index < -0.39 is 17.3 Å². The van der Waals surface area contributed by atoms with Gasteiger partial charge in [0.2, 0.25) is 0 Å². The van der Waals surface area contributed by atoms with Crippen molar-refractivity contribution in [2.24, 2.45) is 5.73 Å². The SMILES string of the molecule is NC1(C(=O)O)CCC2(CC1)C(Br)=Cc1c2ccc(F)c1Cl. The fourth-order valence-electron chi connectivity index (χ4n) is 3.36. The quantitative estimate of drug-likeness (QED) is 0.785. The lowest BCUT2D eigenvalue weighted by Gasteiger charge is -2.42. The number of halogens is 3. The Bertz CT molecular complexity index is 666. The normalized spacial score (nSPS) is 31.1. The van der Waals surface area contributed by atoms with Gasteiger partial charge in [-0.2, -0.15) is 0 Å². The minimum absolute atomic E-state index is 0.115. The van der Waals surface area contributed by atoms with E-state index in [2.05, 4.69) is 15.9 Å². The molecule has 2 aliphatic rings. The minimum Gasteiger partial charge on any atom is -0.480 e. The first-order valence-electron chi connectivity index (χ1n) is 6.69. The predicted molar refractivity (Wildman–Crippen MR) is 83.0 cm³/mol. The first kappa shape index (κ1) is 15.0. The molecule has 3 N–H and O–H groups in total. The van der Waals surface area contributed by atoms with E-state index in [1.165, 1.54) is 6.07 Å². The van der Waals surface area contributed by atoms with Crippen molar-refractivity contribution in [1.29, 1.82) is 0 Å². The predicted octanol–water partition coefficient (Wildman–Crippen LogP) is 3.82. The van der Waals surface area contributed by atoms with Gasteiger partial charge < -0.3 is 10.8 Å². The van der Waals surface area contributed by atoms with Crippen molar-refractivity contribution in [2.45, 2.75) is 36.6 Å². The molecule has 3 nitrogen and oxygen atoms in total. The molecule has 0 atom stereocenters. The highest BCUT2D eigenvalue weighted by Crippen LogP contribution is 2.55. The van der Waals surface area contributed by atoms with Gasteiger partial charge >= 0.3 is 5.97 Å². The average molecular weight is 375 g/mol. The molecule has 1 fully saturated rings. The van der Waals surface area contributed by atoms with E-state index in [9.17, 15) is 14.3 Å². The molecule has 21 heavy (non-hydrogen) atoms. The van der Waals surface area contributed by atoms with E-state index in [0.29, 0.717) is 31.2 Å². The molecule has 3 rings (SSSR count). The molecule has 112 valence electrons. The molecular weight excluding hydrogens is 361 g/mol. The van der Waals surface area contributed by atoms with Crippen molar-refractivity contribution in [3.63, 3.8) is 0 Å². The van der Waals surface area contributed by atoms with Crippen LogP contribution in [0, 0.1) is 5.82 Å². The number of allylic oxidation sites excluding steroid dienone is 1. The van der Waals surface area contributed by atoms with Crippen LogP contribution in [0.2, 0.25) is 5.02 Å². The molecule has 1 spiro atoms. The van der Waals surface area contributed by atoms with Gasteiger partial charge in [-0.25, -0.2) is 4.39 Å². The number of aliphatic carboxylic acids is 1. The van der Waals surface area contributed by atoms with E-state index in [1.807, 2.05) is 6.08 Å². The second-order valence-corrected chi connectivity index (χ2v) is 7.09. The van der Waals surface area contributed by atoms with Crippen LogP contribution in [0.5, 0.6) is 0 Å². The smallest absolute Gasteiger partial charge is 0.323 e. The van der Waals surface area contributed by atoms with Crippen LogP contribution in [0.4, 0.5) is 4.39 Å². The van der Waals surface area contributed by atoms with Crippen LogP contribution in [0.15, 0.2) is 16.6 Å². The Morgan fingerprint density at radius 2 is 1.95 bits per heavy atom. The Balaban J connectivity index is 2.02. The van der Waals surface area contributed by atoms with Crippen LogP contribution < -0.4 is 5.73 Å². The molecule has 0 saturated heterocycles. The number of benzene rings is 1. The number of nitrogens with two attached hydrogens (primary N) is 1. The first-order chi connectivity index (χ1) is 9.80. The van der Waals surface area contributed by atoms with Crippen molar-refractivity contribution in [1.82, 2.24) is 0 Å². The molecule has 0 radical (unpaired) electrons. The monoisotopic (exact) mass is 373 g/mol. The van der Waals surface area contributed by atoms with Gasteiger partial charge in [0.1, 0.15) is 11.4 Å². The Morgan fingerprint density at radius 1 is 1.33 bits per heavy atom. The molecule has 0 aliphatic heterocycles. The number of hydrogen-bond acceptors (Lipinski definition) is 2. The largest absolute Gasteiger partial charge is 0.480 e. The van der Waals surface area contributed by atoms with Gasteiger partial charge in [0, 0.05) is 15.5 Å². The fraction of sp³-hybridized carbons (Fsp3) is 0.400. The zero-order chi connectivity index (χ0) is 15.4. The number of hydrogen-bond donors (Lipinski definition) is 2. The number of fused-ring (bicyclic) bond motifs is 2. The molecule has 0 bridgehead atoms. The highest BCUT2D eigenvalue weighted by atomic mass is 79.9. The zero-order valence-corrected chi connectivity index (χ0v) is 13.5. The summed E-state index contributed by atoms with van der Waals surface area (Å²) < 4.78 is 14.5. The molecule has 0 unspecified atom stereocenters. The molecule has 0 heterocycles. The maximum Gasteiger partial charge on any atom is 0.323 e. The lowest BCUT2D eigenvalue weighted by atomic mass is 9.65. The molecular formula is C15H14BrClFNO2. The van der Waals surface area contributed by atoms with Crippen LogP contribution >= 0.6 is 27.5 Å². The summed E-state index contributed by atoms with van der Waals surface area (Å²) in [6.07, 6.45) is 3.79. The summed E-state index contributed by atoms with van der Waals surface area (Å²) >= 11 is 9.62. The Labute approximate surface area is 135 Å². The van der Waals surface area contributed by atoms with Gasteiger partial charge in [-0.1, -0.05) is 33.6 Å². The molecule has 1 saturated carbocycles. The van der Waals surface area contributed by atoms with Gasteiger partial charge in [-0.3, -0.25) is 4.79 Å². The van der Waals surface area contributed by atoms with E-state index in [1.54, 1.807) is 6.07 Å². The second kappa shape index (κ2) is 4.80. The summed E-state index contributed by atoms with van der Waals surface area (Å²) in [5.41, 5.74) is 6.08. The minimum atomic E-state index is -1.18. The van der Waals surface area contributed by atoms with Crippen molar-refractivity contribution in [3.05, 3.63) is 38.6 Å². The van der Waals surface area contributed by atoms with Gasteiger partial charge in [0.05, 0.1) is 5.02 Å². The summed E-state index contributed by atoms with van der Waals surface area (Å²) in [4.78, 5) is 11.3. The summed E-state index contributed by atoms with van der Waals surface area (Å²) in [6.45, 7) is 0. The topological polar surface area (TPSA) is 63.3 Å². The molecule has 2 aliphatic carbocycles. The lowest BCUT2D eigenvalue weighted by molar-refractivity contribution is -0.145. The van der Waals surface area contributed by atoms with Crippen LogP contribution in [0.3, 0.4) is 0 Å². The van der Waals surface area contributed by atoms with Crippen LogP contribution in [-0.2, 0) is 10.2 Å². The number of carboxylic acids is 1. The van der Waals surface area contributed by atoms with Crippen molar-refractivity contribution in [3.8, 4) is 0 Å². The lowest BCUT2D eigenvalue weighted by Crippen LogP contribution is -2.53. The average Bonchev–Trinajstić information content (AvgIpc) is 2.71. The van der Waals surface area contributed by atoms with E-state index in [-0.39, 0.29) is 10.4 Å². The van der Waals surface area contributed by atoms with Crippen molar-refractivity contribution < 1.29 is 14.3 Å². The van der Waals surface area contributed by atoms with Crippen molar-refractivity contribution in [2.75, 3.05) is 0 Å². The number of carboxylic acid groups (broad SMARTS) is 1. The summed E-state index contributed by atoms with van der Waals surface area (Å²) in [5, 5.41) is 9.36. The maximum atomic E-state index is 13.6. The van der Waals surface area contributed by atoms with Crippen LogP contribution in [-0.4, -0.2) is 16.6 Å². The van der Waals surface area contributed by atoms with Gasteiger partial charge in [-0.05, 0) is 43.4 Å². The van der Waals surface area contributed by atoms with Gasteiger partial charge in [0.15, 0.2) is 0 Å². The van der Waals surface area contributed by atoms with Crippen LogP contribution in [0.1, 0.15) is 36.8 Å². The third-order valence-electron chi connectivity index (χ3n) is 4.80. The third kappa shape index (κ3) is 2.05. The van der Waals surface area contributed by atoms with Crippen molar-refractivity contribution >= 4 is 39.6 Å². The molecule has 1 aromatic rings. The Hall–Kier alpha value is -0.910. The molecule has 0 aromatic heterocycles. The van der Waals surface area contributed by atoms with Crippen LogP contribution in [0.25, 0.3) is 6.08 Å². The standard InChI is InChI=1S/C15H14BrClFNO2/c16-11-7-8-9(1-2-10(18)12(8)17)14(11)3-5-15(19,6-4-14)13(20)21/h1-2,7H,3-6,19H2,(H,20,21). The third-order valence-corrected chi connectivity index (χ3v) is 6.17. The Kier molecular flexibility index (Phi) is 3.43. The maximum absolute atomic E-state index is 13.6. The fourth-order valence-corrected chi connectivity index (χ4v) is 4.42.